The molecule has 6 N–H and O–H groups in total. The number of rotatable bonds is 11. The quantitative estimate of drug-likeness (QED) is 0.141. The van der Waals surface area contributed by atoms with Crippen molar-refractivity contribution in [2.45, 2.75) is 26.7 Å². The number of carbonyl (C=O) groups excluding carboxylic acids is 4. The van der Waals surface area contributed by atoms with Gasteiger partial charge in [0.15, 0.2) is 0 Å². The van der Waals surface area contributed by atoms with E-state index in [1.807, 2.05) is 43.3 Å². The summed E-state index contributed by atoms with van der Waals surface area (Å²) in [6, 6.07) is 17.6. The van der Waals surface area contributed by atoms with Gasteiger partial charge in [0.1, 0.15) is 12.4 Å². The first-order valence-corrected chi connectivity index (χ1v) is 16.5. The normalized spacial score (nSPS) is 14.9. The molecule has 1 atom stereocenters. The van der Waals surface area contributed by atoms with Crippen LogP contribution in [0.5, 0.6) is 0 Å². The van der Waals surface area contributed by atoms with E-state index in [9.17, 15) is 23.6 Å². The maximum atomic E-state index is 13.9. The number of hydrogen-bond donors (Lipinski definition) is 5. The minimum Gasteiger partial charge on any atom is -0.448 e. The molecule has 4 aromatic rings. The van der Waals surface area contributed by atoms with Crippen molar-refractivity contribution in [1.29, 1.82) is 0 Å². The van der Waals surface area contributed by atoms with Gasteiger partial charge in [-0.3, -0.25) is 14.4 Å². The molecule has 1 unspecified atom stereocenters. The molecule has 12 heteroatoms. The average molecular weight is 679 g/mol. The molecule has 0 fully saturated rings. The standard InChI is InChI=1S/C38H39FN6O5/c1-4-45(38(49)50-20-31-26-8-6-5-7-25(26)27-11-9-23(17-28(27)31)35(46)41-14-13-40)16-15-42-37(48)34-21(2)33(43-22(34)3)19-30-29-18-24(39)10-12-32(29)44-36(30)47/h5-12,17-19,31,43H,4,13-16,20,40H2,1-3H3,(H,41,46)(H,42,48)(H,44,47)/b30-19-. The van der Waals surface area contributed by atoms with E-state index in [1.54, 1.807) is 26.0 Å². The second-order valence-corrected chi connectivity index (χ2v) is 12.3. The molecule has 1 aliphatic carbocycles. The molecule has 0 radical (unpaired) electrons. The molecule has 11 nitrogen and oxygen atoms in total. The minimum absolute atomic E-state index is 0.0781. The second kappa shape index (κ2) is 14.4. The number of aromatic amines is 1. The van der Waals surface area contributed by atoms with Crippen LogP contribution >= 0.6 is 0 Å². The Balaban J connectivity index is 1.09. The topological polar surface area (TPSA) is 159 Å². The van der Waals surface area contributed by atoms with E-state index in [0.717, 1.165) is 22.3 Å². The second-order valence-electron chi connectivity index (χ2n) is 12.3. The molecule has 0 saturated heterocycles. The van der Waals surface area contributed by atoms with Gasteiger partial charge in [0, 0.05) is 66.8 Å². The number of fused-ring (bicyclic) bond motifs is 4. The van der Waals surface area contributed by atoms with E-state index in [4.69, 9.17) is 10.5 Å². The first-order valence-electron chi connectivity index (χ1n) is 16.5. The Morgan fingerprint density at radius 3 is 2.50 bits per heavy atom. The third-order valence-electron chi connectivity index (χ3n) is 9.18. The summed E-state index contributed by atoms with van der Waals surface area (Å²) in [7, 11) is 0. The van der Waals surface area contributed by atoms with Gasteiger partial charge in [0.25, 0.3) is 17.7 Å². The molecule has 0 saturated carbocycles. The highest BCUT2D eigenvalue weighted by atomic mass is 19.1. The lowest BCUT2D eigenvalue weighted by Crippen LogP contribution is -2.39. The van der Waals surface area contributed by atoms with Gasteiger partial charge in [-0.05, 0) is 85.0 Å². The van der Waals surface area contributed by atoms with E-state index in [0.29, 0.717) is 64.5 Å². The third kappa shape index (κ3) is 6.61. The van der Waals surface area contributed by atoms with E-state index in [-0.39, 0.29) is 43.3 Å². The third-order valence-corrected chi connectivity index (χ3v) is 9.18. The molecule has 4 amide bonds. The van der Waals surface area contributed by atoms with E-state index < -0.39 is 11.9 Å². The molecule has 50 heavy (non-hydrogen) atoms. The number of anilines is 1. The largest absolute Gasteiger partial charge is 0.448 e. The molecular formula is C38H39FN6O5. The fourth-order valence-electron chi connectivity index (χ4n) is 6.64. The number of hydrogen-bond acceptors (Lipinski definition) is 6. The number of nitrogens with zero attached hydrogens (tertiary/aromatic N) is 1. The Morgan fingerprint density at radius 1 is 0.960 bits per heavy atom. The highest BCUT2D eigenvalue weighted by Gasteiger charge is 2.31. The van der Waals surface area contributed by atoms with Crippen molar-refractivity contribution < 1.29 is 28.3 Å². The predicted molar refractivity (Wildman–Crippen MR) is 189 cm³/mol. The Kier molecular flexibility index (Phi) is 9.82. The molecule has 258 valence electrons. The number of H-pyrrole nitrogens is 1. The number of benzene rings is 3. The van der Waals surface area contributed by atoms with Crippen LogP contribution in [0.25, 0.3) is 22.8 Å². The van der Waals surface area contributed by atoms with Gasteiger partial charge in [-0.2, -0.15) is 0 Å². The van der Waals surface area contributed by atoms with Crippen LogP contribution in [0.4, 0.5) is 14.9 Å². The highest BCUT2D eigenvalue weighted by molar-refractivity contribution is 6.35. The zero-order valence-corrected chi connectivity index (χ0v) is 28.1. The summed E-state index contributed by atoms with van der Waals surface area (Å²) in [4.78, 5) is 56.5. The number of likely N-dealkylation sites (N-methyl/N-ethyl adjacent to an activating group) is 1. The van der Waals surface area contributed by atoms with Gasteiger partial charge < -0.3 is 36.3 Å². The zero-order valence-electron chi connectivity index (χ0n) is 28.1. The number of carbonyl (C=O) groups is 4. The Bertz CT molecular complexity index is 2040. The SMILES string of the molecule is CCN(CCNC(=O)c1c(C)[nH]c(/C=C2\C(=O)Nc3ccc(F)cc32)c1C)C(=O)OCC1c2ccccc2-c2ccc(C(=O)NCCN)cc21. The van der Waals surface area contributed by atoms with Gasteiger partial charge in [0.05, 0.1) is 11.1 Å². The fourth-order valence-corrected chi connectivity index (χ4v) is 6.64. The van der Waals surface area contributed by atoms with Crippen molar-refractivity contribution in [3.05, 3.63) is 111 Å². The minimum atomic E-state index is -0.515. The molecule has 6 rings (SSSR count). The van der Waals surface area contributed by atoms with Crippen molar-refractivity contribution in [1.82, 2.24) is 20.5 Å². The molecule has 2 aliphatic rings. The van der Waals surface area contributed by atoms with E-state index >= 15 is 0 Å². The number of nitrogens with two attached hydrogens (primary N) is 1. The molecule has 1 aromatic heterocycles. The summed E-state index contributed by atoms with van der Waals surface area (Å²) in [5.41, 5.74) is 13.5. The molecular weight excluding hydrogens is 639 g/mol. The van der Waals surface area contributed by atoms with Gasteiger partial charge in [-0.15, -0.1) is 0 Å². The smallest absolute Gasteiger partial charge is 0.409 e. The molecule has 0 spiro atoms. The summed E-state index contributed by atoms with van der Waals surface area (Å²) >= 11 is 0. The number of halogens is 1. The summed E-state index contributed by atoms with van der Waals surface area (Å²) in [5.74, 6) is -1.61. The van der Waals surface area contributed by atoms with Crippen LogP contribution in [0.2, 0.25) is 0 Å². The Morgan fingerprint density at radius 2 is 1.72 bits per heavy atom. The Labute approximate surface area is 289 Å². The maximum Gasteiger partial charge on any atom is 0.409 e. The lowest BCUT2D eigenvalue weighted by atomic mass is 9.96. The maximum absolute atomic E-state index is 13.9. The lowest BCUT2D eigenvalue weighted by molar-refractivity contribution is -0.110. The number of ether oxygens (including phenoxy) is 1. The van der Waals surface area contributed by atoms with Crippen LogP contribution in [0.15, 0.2) is 60.7 Å². The zero-order chi connectivity index (χ0) is 35.5. The summed E-state index contributed by atoms with van der Waals surface area (Å²) < 4.78 is 19.8. The van der Waals surface area contributed by atoms with E-state index in [1.165, 1.54) is 23.1 Å². The lowest BCUT2D eigenvalue weighted by Gasteiger charge is -2.22. The summed E-state index contributed by atoms with van der Waals surface area (Å²) in [6.45, 7) is 6.90. The first kappa shape index (κ1) is 34.1. The average Bonchev–Trinajstić information content (AvgIpc) is 3.70. The van der Waals surface area contributed by atoms with Gasteiger partial charge in [0.2, 0.25) is 0 Å². The molecule has 0 bridgehead atoms. The van der Waals surface area contributed by atoms with Crippen molar-refractivity contribution in [2.24, 2.45) is 5.73 Å². The molecule has 2 heterocycles. The van der Waals surface area contributed by atoms with Crippen molar-refractivity contribution >= 4 is 41.2 Å². The van der Waals surface area contributed by atoms with Gasteiger partial charge >= 0.3 is 6.09 Å². The fraction of sp³-hybridized carbons (Fsp3) is 0.263. The predicted octanol–water partition coefficient (Wildman–Crippen LogP) is 4.95. The monoisotopic (exact) mass is 678 g/mol. The van der Waals surface area contributed by atoms with Crippen LogP contribution in [-0.2, 0) is 9.53 Å². The van der Waals surface area contributed by atoms with Crippen LogP contribution in [-0.4, -0.2) is 73.0 Å². The summed E-state index contributed by atoms with van der Waals surface area (Å²) in [5, 5.41) is 8.42. The highest BCUT2D eigenvalue weighted by Crippen LogP contribution is 2.45. The van der Waals surface area contributed by atoms with E-state index in [2.05, 4.69) is 20.9 Å². The van der Waals surface area contributed by atoms with Crippen LogP contribution in [0, 0.1) is 19.7 Å². The van der Waals surface area contributed by atoms with Gasteiger partial charge in [-0.1, -0.05) is 30.3 Å². The summed E-state index contributed by atoms with van der Waals surface area (Å²) in [6.07, 6.45) is 1.10. The number of aromatic nitrogens is 1. The number of nitrogens with one attached hydrogen (secondary N) is 4. The van der Waals surface area contributed by atoms with Crippen LogP contribution in [0.1, 0.15) is 67.2 Å². The number of aryl methyl sites for hydroxylation is 1. The van der Waals surface area contributed by atoms with Crippen LogP contribution in [0.3, 0.4) is 0 Å². The van der Waals surface area contributed by atoms with Gasteiger partial charge in [-0.25, -0.2) is 9.18 Å². The van der Waals surface area contributed by atoms with Crippen LogP contribution < -0.4 is 21.7 Å². The Hall–Kier alpha value is -5.75. The van der Waals surface area contributed by atoms with Crippen molar-refractivity contribution in [3.8, 4) is 11.1 Å². The molecule has 3 aromatic carbocycles. The van der Waals surface area contributed by atoms with Crippen molar-refractivity contribution in [2.75, 3.05) is 44.6 Å². The van der Waals surface area contributed by atoms with Crippen molar-refractivity contribution in [3.63, 3.8) is 0 Å². The first-order chi connectivity index (χ1) is 24.1. The molecule has 1 aliphatic heterocycles. The number of amides is 4.